The lowest BCUT2D eigenvalue weighted by molar-refractivity contribution is -0.126. The van der Waals surface area contributed by atoms with Crippen LogP contribution in [-0.2, 0) is 9.59 Å². The van der Waals surface area contributed by atoms with E-state index in [1.807, 2.05) is 0 Å². The second-order valence-electron chi connectivity index (χ2n) is 4.26. The summed E-state index contributed by atoms with van der Waals surface area (Å²) in [5, 5.41) is 14.3. The zero-order chi connectivity index (χ0) is 16.8. The number of rotatable bonds is 5. The monoisotopic (exact) mass is 365 g/mol. The Labute approximate surface area is 146 Å². The number of hydrogen-bond donors (Lipinski definition) is 1. The third-order valence-electron chi connectivity index (χ3n) is 2.73. The van der Waals surface area contributed by atoms with Gasteiger partial charge in [0.25, 0.3) is 0 Å². The second kappa shape index (κ2) is 7.88. The molecule has 0 unspecified atom stereocenters. The van der Waals surface area contributed by atoms with E-state index in [4.69, 9.17) is 28.5 Å². The van der Waals surface area contributed by atoms with Crippen LogP contribution in [0.25, 0.3) is 6.08 Å². The van der Waals surface area contributed by atoms with Crippen LogP contribution in [0.4, 0.5) is 5.69 Å². The first kappa shape index (κ1) is 17.2. The van der Waals surface area contributed by atoms with Gasteiger partial charge in [-0.05, 0) is 24.3 Å². The molecule has 2 rings (SSSR count). The summed E-state index contributed by atoms with van der Waals surface area (Å²) in [5.74, 6) is -2.90. The maximum Gasteiger partial charge on any atom is 0.249 e. The van der Waals surface area contributed by atoms with Crippen molar-refractivity contribution >= 4 is 58.0 Å². The van der Waals surface area contributed by atoms with E-state index < -0.39 is 17.6 Å². The number of benzene rings is 1. The number of allylic oxidation sites excluding steroid dienone is 1. The van der Waals surface area contributed by atoms with Crippen molar-refractivity contribution in [3.63, 3.8) is 0 Å². The highest BCUT2D eigenvalue weighted by Crippen LogP contribution is 2.29. The first-order chi connectivity index (χ1) is 11.0. The summed E-state index contributed by atoms with van der Waals surface area (Å²) in [6.45, 7) is 0. The molecule has 5 nitrogen and oxygen atoms in total. The Balaban J connectivity index is 2.11. The number of nitrogens with zero attached hydrogens (tertiary/aromatic N) is 2. The van der Waals surface area contributed by atoms with Crippen LogP contribution in [0, 0.1) is 17.2 Å². The molecule has 8 heteroatoms. The molecule has 1 N–H and O–H groups in total. The first-order valence-corrected chi connectivity index (χ1v) is 7.92. The average molecular weight is 366 g/mol. The van der Waals surface area contributed by atoms with E-state index in [2.05, 4.69) is 10.3 Å². The van der Waals surface area contributed by atoms with Gasteiger partial charge in [0, 0.05) is 11.6 Å². The minimum Gasteiger partial charge on any atom is -0.323 e. The van der Waals surface area contributed by atoms with Gasteiger partial charge in [0.05, 0.1) is 21.8 Å². The molecule has 1 aromatic heterocycles. The second-order valence-corrected chi connectivity index (χ2v) is 5.97. The van der Waals surface area contributed by atoms with Gasteiger partial charge in [0.2, 0.25) is 5.91 Å². The molecule has 0 spiro atoms. The van der Waals surface area contributed by atoms with E-state index in [1.165, 1.54) is 23.5 Å². The number of nitrogens with one attached hydrogen (secondary N) is 1. The van der Waals surface area contributed by atoms with Crippen molar-refractivity contribution in [2.24, 2.45) is 5.92 Å². The third-order valence-corrected chi connectivity index (χ3v) is 4.29. The lowest BCUT2D eigenvalue weighted by atomic mass is 10.0. The Morgan fingerprint density at radius 3 is 2.83 bits per heavy atom. The quantitative estimate of drug-likeness (QED) is 0.644. The van der Waals surface area contributed by atoms with Gasteiger partial charge in [-0.2, -0.15) is 5.26 Å². The summed E-state index contributed by atoms with van der Waals surface area (Å²) < 4.78 is 0. The SMILES string of the molecule is N#C[C@@H](C(=O)/C=C/c1nccs1)C(=O)Nc1cccc(Cl)c1Cl. The fraction of sp³-hybridized carbons (Fsp3) is 0.0667. The van der Waals surface area contributed by atoms with Crippen LogP contribution in [-0.4, -0.2) is 16.7 Å². The molecule has 0 aliphatic carbocycles. The number of carbonyl (C=O) groups is 2. The topological polar surface area (TPSA) is 82.8 Å². The number of thiazole rings is 1. The minimum absolute atomic E-state index is 0.144. The van der Waals surface area contributed by atoms with Crippen LogP contribution in [0.15, 0.2) is 35.9 Å². The minimum atomic E-state index is -1.48. The van der Waals surface area contributed by atoms with Crippen molar-refractivity contribution in [1.29, 1.82) is 5.26 Å². The van der Waals surface area contributed by atoms with Crippen molar-refractivity contribution in [1.82, 2.24) is 4.98 Å². The van der Waals surface area contributed by atoms with E-state index in [-0.39, 0.29) is 15.7 Å². The summed E-state index contributed by atoms with van der Waals surface area (Å²) >= 11 is 13.1. The van der Waals surface area contributed by atoms with Crippen molar-refractivity contribution in [2.75, 3.05) is 5.32 Å². The molecular weight excluding hydrogens is 357 g/mol. The molecule has 1 heterocycles. The molecule has 0 aliphatic heterocycles. The number of hydrogen-bond acceptors (Lipinski definition) is 5. The van der Waals surface area contributed by atoms with Crippen molar-refractivity contribution in [3.05, 3.63) is 50.9 Å². The largest absolute Gasteiger partial charge is 0.323 e. The molecule has 1 atom stereocenters. The zero-order valence-electron chi connectivity index (χ0n) is 11.5. The van der Waals surface area contributed by atoms with Gasteiger partial charge in [-0.15, -0.1) is 11.3 Å². The lowest BCUT2D eigenvalue weighted by Gasteiger charge is -2.10. The number of aromatic nitrogens is 1. The van der Waals surface area contributed by atoms with E-state index in [1.54, 1.807) is 29.8 Å². The van der Waals surface area contributed by atoms with Crippen molar-refractivity contribution in [3.8, 4) is 6.07 Å². The predicted octanol–water partition coefficient (Wildman–Crippen LogP) is 3.81. The van der Waals surface area contributed by atoms with E-state index in [9.17, 15) is 9.59 Å². The van der Waals surface area contributed by atoms with Crippen LogP contribution in [0.2, 0.25) is 10.0 Å². The fourth-order valence-corrected chi connectivity index (χ4v) is 2.50. The van der Waals surface area contributed by atoms with Gasteiger partial charge in [-0.3, -0.25) is 9.59 Å². The van der Waals surface area contributed by atoms with Gasteiger partial charge in [0.15, 0.2) is 11.7 Å². The molecule has 23 heavy (non-hydrogen) atoms. The fourth-order valence-electron chi connectivity index (χ4n) is 1.62. The zero-order valence-corrected chi connectivity index (χ0v) is 13.8. The number of halogens is 2. The summed E-state index contributed by atoms with van der Waals surface area (Å²) in [7, 11) is 0. The van der Waals surface area contributed by atoms with Crippen LogP contribution < -0.4 is 5.32 Å². The van der Waals surface area contributed by atoms with Crippen LogP contribution in [0.1, 0.15) is 5.01 Å². The molecule has 0 bridgehead atoms. The Bertz CT molecular complexity index is 798. The molecule has 1 amide bonds. The number of carbonyl (C=O) groups excluding carboxylic acids is 2. The van der Waals surface area contributed by atoms with Crippen molar-refractivity contribution < 1.29 is 9.59 Å². The highest BCUT2D eigenvalue weighted by atomic mass is 35.5. The molecule has 116 valence electrons. The average Bonchev–Trinajstić information content (AvgIpc) is 3.04. The van der Waals surface area contributed by atoms with E-state index in [0.717, 1.165) is 6.08 Å². The number of ketones is 1. The summed E-state index contributed by atoms with van der Waals surface area (Å²) in [6, 6.07) is 6.36. The smallest absolute Gasteiger partial charge is 0.249 e. The maximum atomic E-state index is 12.1. The van der Waals surface area contributed by atoms with Crippen molar-refractivity contribution in [2.45, 2.75) is 0 Å². The normalized spacial score (nSPS) is 11.9. The molecule has 2 aromatic rings. The van der Waals surface area contributed by atoms with Gasteiger partial charge < -0.3 is 5.32 Å². The molecule has 0 aliphatic rings. The molecule has 1 aromatic carbocycles. The number of anilines is 1. The summed E-state index contributed by atoms with van der Waals surface area (Å²) in [4.78, 5) is 28.1. The predicted molar refractivity (Wildman–Crippen MR) is 90.3 cm³/mol. The van der Waals surface area contributed by atoms with Gasteiger partial charge in [-0.1, -0.05) is 29.3 Å². The van der Waals surface area contributed by atoms with E-state index >= 15 is 0 Å². The van der Waals surface area contributed by atoms with Gasteiger partial charge >= 0.3 is 0 Å². The summed E-state index contributed by atoms with van der Waals surface area (Å²) in [5.41, 5.74) is 0.237. The van der Waals surface area contributed by atoms with Crippen LogP contribution in [0.5, 0.6) is 0 Å². The van der Waals surface area contributed by atoms with E-state index in [0.29, 0.717) is 5.01 Å². The summed E-state index contributed by atoms with van der Waals surface area (Å²) in [6.07, 6.45) is 4.20. The highest BCUT2D eigenvalue weighted by molar-refractivity contribution is 7.10. The van der Waals surface area contributed by atoms with Crippen LogP contribution >= 0.6 is 34.5 Å². The Hall–Kier alpha value is -2.20. The van der Waals surface area contributed by atoms with Crippen LogP contribution in [0.3, 0.4) is 0 Å². The number of amides is 1. The molecular formula is C15H9Cl2N3O2S. The van der Waals surface area contributed by atoms with Gasteiger partial charge in [0.1, 0.15) is 5.01 Å². The standard InChI is InChI=1S/C15H9Cl2N3O2S/c16-10-2-1-3-11(14(10)17)20-15(22)9(8-18)12(21)4-5-13-19-6-7-23-13/h1-7,9H,(H,20,22)/b5-4+/t9-/m0/s1. The lowest BCUT2D eigenvalue weighted by Crippen LogP contribution is -2.27. The molecule has 0 saturated carbocycles. The number of nitriles is 1. The Kier molecular flexibility index (Phi) is 5.88. The molecule has 0 fully saturated rings. The Morgan fingerprint density at radius 2 is 2.17 bits per heavy atom. The van der Waals surface area contributed by atoms with Gasteiger partial charge in [-0.25, -0.2) is 4.98 Å². The highest BCUT2D eigenvalue weighted by Gasteiger charge is 2.25. The third kappa shape index (κ3) is 4.39. The first-order valence-electron chi connectivity index (χ1n) is 6.29. The molecule has 0 saturated heterocycles. The molecule has 0 radical (unpaired) electrons. The maximum absolute atomic E-state index is 12.1. The Morgan fingerprint density at radius 1 is 1.39 bits per heavy atom.